The summed E-state index contributed by atoms with van der Waals surface area (Å²) >= 11 is 5.93. The molecule has 2 N–H and O–H groups in total. The molecule has 0 saturated carbocycles. The Morgan fingerprint density at radius 1 is 1.15 bits per heavy atom. The Labute approximate surface area is 206 Å². The molecule has 3 heterocycles. The lowest BCUT2D eigenvalue weighted by atomic mass is 9.96. The maximum atomic E-state index is 13.5. The number of aliphatic hydroxyl groups is 1. The number of hydrogen-bond acceptors (Lipinski definition) is 7. The number of hydrogen-bond donors (Lipinski definition) is 2. The molecule has 9 nitrogen and oxygen atoms in total. The predicted molar refractivity (Wildman–Crippen MR) is 127 cm³/mol. The van der Waals surface area contributed by atoms with Crippen LogP contribution in [0.25, 0.3) is 0 Å². The Hall–Kier alpha value is -1.27. The monoisotopic (exact) mass is 515 g/mol. The van der Waals surface area contributed by atoms with E-state index in [1.807, 2.05) is 0 Å². The van der Waals surface area contributed by atoms with Crippen molar-refractivity contribution in [2.24, 2.45) is 0 Å². The first-order chi connectivity index (χ1) is 16.3. The number of rotatable bonds is 7. The van der Waals surface area contributed by atoms with Crippen LogP contribution in [-0.2, 0) is 24.3 Å². The van der Waals surface area contributed by atoms with E-state index < -0.39 is 28.3 Å². The molecule has 11 heteroatoms. The molecule has 0 aromatic heterocycles. The highest BCUT2D eigenvalue weighted by Crippen LogP contribution is 2.31. The number of carbonyl (C=O) groups is 1. The Bertz CT molecular complexity index is 925. The quantitative estimate of drug-likeness (QED) is 0.562. The standard InChI is InChI=1S/C23H34ClN3O6S/c24-17-3-6-20(7-4-17)34(30,31)27-14-18(28)15-32-16-22-21(27)8-5-19(33-22)13-23(29)25-9-12-26-10-1-2-11-26/h3-4,6-7,18-19,21-22,28H,1-2,5,8-16H2,(H,25,29)/t18-,19-,21+,22-/m1/s1. The minimum atomic E-state index is -3.89. The number of aliphatic hydroxyl groups excluding tert-OH is 1. The summed E-state index contributed by atoms with van der Waals surface area (Å²) in [6.07, 6.45) is 1.96. The van der Waals surface area contributed by atoms with Crippen LogP contribution in [0.15, 0.2) is 29.2 Å². The van der Waals surface area contributed by atoms with E-state index in [1.54, 1.807) is 0 Å². The van der Waals surface area contributed by atoms with E-state index in [2.05, 4.69) is 10.2 Å². The van der Waals surface area contributed by atoms with Crippen LogP contribution in [0.5, 0.6) is 0 Å². The van der Waals surface area contributed by atoms with E-state index in [9.17, 15) is 18.3 Å². The van der Waals surface area contributed by atoms with Gasteiger partial charge in [-0.1, -0.05) is 11.6 Å². The van der Waals surface area contributed by atoms with Crippen LogP contribution in [0.3, 0.4) is 0 Å². The zero-order valence-electron chi connectivity index (χ0n) is 19.3. The van der Waals surface area contributed by atoms with Gasteiger partial charge in [0.1, 0.15) is 0 Å². The molecule has 1 amide bonds. The summed E-state index contributed by atoms with van der Waals surface area (Å²) < 4.78 is 40.0. The first kappa shape index (κ1) is 25.8. The van der Waals surface area contributed by atoms with Crippen LogP contribution < -0.4 is 5.32 Å². The summed E-state index contributed by atoms with van der Waals surface area (Å²) in [5, 5.41) is 13.7. The average molecular weight is 516 g/mol. The molecule has 0 spiro atoms. The Kier molecular flexibility index (Phi) is 8.84. The molecule has 0 unspecified atom stereocenters. The summed E-state index contributed by atoms with van der Waals surface area (Å²) in [6.45, 7) is 3.74. The Balaban J connectivity index is 1.38. The van der Waals surface area contributed by atoms with Gasteiger partial charge in [-0.3, -0.25) is 4.79 Å². The van der Waals surface area contributed by atoms with Crippen molar-refractivity contribution in [1.82, 2.24) is 14.5 Å². The van der Waals surface area contributed by atoms with Gasteiger partial charge < -0.3 is 24.8 Å². The van der Waals surface area contributed by atoms with E-state index in [0.29, 0.717) is 24.4 Å². The molecule has 1 aromatic rings. The van der Waals surface area contributed by atoms with Crippen molar-refractivity contribution in [3.05, 3.63) is 29.3 Å². The molecule has 1 aromatic carbocycles. The number of benzene rings is 1. The number of likely N-dealkylation sites (tertiary alicyclic amines) is 1. The van der Waals surface area contributed by atoms with Crippen LogP contribution in [0.1, 0.15) is 32.1 Å². The lowest BCUT2D eigenvalue weighted by Crippen LogP contribution is -2.57. The number of amides is 1. The van der Waals surface area contributed by atoms with E-state index in [-0.39, 0.29) is 43.1 Å². The van der Waals surface area contributed by atoms with Gasteiger partial charge in [-0.25, -0.2) is 8.42 Å². The number of carbonyl (C=O) groups excluding carboxylic acids is 1. The fourth-order valence-electron chi connectivity index (χ4n) is 4.95. The Morgan fingerprint density at radius 3 is 2.62 bits per heavy atom. The van der Waals surface area contributed by atoms with Crippen LogP contribution in [-0.4, -0.2) is 98.9 Å². The summed E-state index contributed by atoms with van der Waals surface area (Å²) in [5.74, 6) is -0.0597. The zero-order valence-corrected chi connectivity index (χ0v) is 20.8. The molecular formula is C23H34ClN3O6S. The number of nitrogens with one attached hydrogen (secondary N) is 1. The molecule has 3 aliphatic heterocycles. The van der Waals surface area contributed by atoms with Gasteiger partial charge in [0.05, 0.1) is 48.9 Å². The van der Waals surface area contributed by atoms with Crippen LogP contribution in [0.4, 0.5) is 0 Å². The predicted octanol–water partition coefficient (Wildman–Crippen LogP) is 1.24. The third-order valence-electron chi connectivity index (χ3n) is 6.72. The summed E-state index contributed by atoms with van der Waals surface area (Å²) in [5.41, 5.74) is 0. The average Bonchev–Trinajstić information content (AvgIpc) is 3.30. The van der Waals surface area contributed by atoms with E-state index >= 15 is 0 Å². The van der Waals surface area contributed by atoms with E-state index in [1.165, 1.54) is 41.4 Å². The van der Waals surface area contributed by atoms with Gasteiger partial charge in [-0.05, 0) is 63.0 Å². The highest BCUT2D eigenvalue weighted by molar-refractivity contribution is 7.89. The second-order valence-electron chi connectivity index (χ2n) is 9.26. The van der Waals surface area contributed by atoms with Gasteiger partial charge >= 0.3 is 0 Å². The van der Waals surface area contributed by atoms with Gasteiger partial charge in [0, 0.05) is 24.7 Å². The molecule has 3 fully saturated rings. The molecule has 34 heavy (non-hydrogen) atoms. The lowest BCUT2D eigenvalue weighted by molar-refractivity contribution is -0.146. The second-order valence-corrected chi connectivity index (χ2v) is 11.6. The number of ether oxygens (including phenoxy) is 2. The van der Waals surface area contributed by atoms with Crippen LogP contribution in [0, 0.1) is 0 Å². The minimum absolute atomic E-state index is 0.0148. The number of nitrogens with zero attached hydrogens (tertiary/aromatic N) is 2. The van der Waals surface area contributed by atoms with Gasteiger partial charge in [0.15, 0.2) is 0 Å². The molecule has 0 aliphatic carbocycles. The molecule has 0 bridgehead atoms. The second kappa shape index (κ2) is 11.6. The zero-order chi connectivity index (χ0) is 24.1. The number of fused-ring (bicyclic) bond motifs is 1. The highest BCUT2D eigenvalue weighted by Gasteiger charge is 2.43. The highest BCUT2D eigenvalue weighted by atomic mass is 35.5. The van der Waals surface area contributed by atoms with Gasteiger partial charge in [-0.15, -0.1) is 0 Å². The maximum absolute atomic E-state index is 13.5. The topological polar surface area (TPSA) is 108 Å². The number of sulfonamides is 1. The fraction of sp³-hybridized carbons (Fsp3) is 0.696. The van der Waals surface area contributed by atoms with Gasteiger partial charge in [0.25, 0.3) is 0 Å². The number of halogens is 1. The minimum Gasteiger partial charge on any atom is -0.389 e. The first-order valence-electron chi connectivity index (χ1n) is 12.0. The molecule has 3 aliphatic rings. The van der Waals surface area contributed by atoms with Crippen molar-refractivity contribution in [2.75, 3.05) is 45.9 Å². The van der Waals surface area contributed by atoms with Crippen molar-refractivity contribution in [1.29, 1.82) is 0 Å². The van der Waals surface area contributed by atoms with Crippen LogP contribution >= 0.6 is 11.6 Å². The molecule has 190 valence electrons. The van der Waals surface area contributed by atoms with Crippen molar-refractivity contribution < 1.29 is 27.8 Å². The molecule has 0 radical (unpaired) electrons. The third-order valence-corrected chi connectivity index (χ3v) is 8.87. The van der Waals surface area contributed by atoms with Gasteiger partial charge in [0.2, 0.25) is 15.9 Å². The van der Waals surface area contributed by atoms with E-state index in [0.717, 1.165) is 19.6 Å². The molecule has 3 saturated heterocycles. The lowest BCUT2D eigenvalue weighted by Gasteiger charge is -2.43. The molecular weight excluding hydrogens is 482 g/mol. The van der Waals surface area contributed by atoms with Crippen LogP contribution in [0.2, 0.25) is 5.02 Å². The fourth-order valence-corrected chi connectivity index (χ4v) is 6.79. The summed E-state index contributed by atoms with van der Waals surface area (Å²) in [7, 11) is -3.89. The largest absolute Gasteiger partial charge is 0.389 e. The van der Waals surface area contributed by atoms with Crippen molar-refractivity contribution in [3.63, 3.8) is 0 Å². The summed E-state index contributed by atoms with van der Waals surface area (Å²) in [6, 6.07) is 5.50. The smallest absolute Gasteiger partial charge is 0.243 e. The normalized spacial score (nSPS) is 29.2. The van der Waals surface area contributed by atoms with Crippen molar-refractivity contribution >= 4 is 27.5 Å². The SMILES string of the molecule is O=C(C[C@H]1CC[C@H]2[C@@H](COC[C@H](O)CN2S(=O)(=O)c2ccc(Cl)cc2)O1)NCCN1CCCC1. The number of β-amino-alcohol motifs (C(OH)–C–C–N with tert-alkyl or cyclic N) is 1. The van der Waals surface area contributed by atoms with Crippen molar-refractivity contribution in [3.8, 4) is 0 Å². The van der Waals surface area contributed by atoms with Gasteiger partial charge in [-0.2, -0.15) is 4.31 Å². The van der Waals surface area contributed by atoms with E-state index in [4.69, 9.17) is 21.1 Å². The molecule has 4 rings (SSSR count). The first-order valence-corrected chi connectivity index (χ1v) is 13.8. The Morgan fingerprint density at radius 2 is 1.88 bits per heavy atom. The summed E-state index contributed by atoms with van der Waals surface area (Å²) in [4.78, 5) is 14.9. The van der Waals surface area contributed by atoms with Crippen molar-refractivity contribution in [2.45, 2.75) is 61.4 Å². The third kappa shape index (κ3) is 6.48. The molecule has 4 atom stereocenters. The maximum Gasteiger partial charge on any atom is 0.243 e.